The Kier molecular flexibility index (Phi) is 5.74. The highest BCUT2D eigenvalue weighted by Gasteiger charge is 2.34. The largest absolute Gasteiger partial charge is 0.495 e. The van der Waals surface area contributed by atoms with Crippen molar-refractivity contribution in [3.8, 4) is 17.0 Å². The molecule has 0 unspecified atom stereocenters. The van der Waals surface area contributed by atoms with Gasteiger partial charge in [0.05, 0.1) is 35.9 Å². The molecule has 0 aliphatic heterocycles. The quantitative estimate of drug-likeness (QED) is 0.555. The highest BCUT2D eigenvalue weighted by atomic mass is 32.2. The molecule has 168 valence electrons. The number of anilines is 1. The predicted octanol–water partition coefficient (Wildman–Crippen LogP) is 3.30. The molecule has 0 bridgehead atoms. The highest BCUT2D eigenvalue weighted by Crippen LogP contribution is 2.34. The van der Waals surface area contributed by atoms with E-state index in [1.165, 1.54) is 31.6 Å². The van der Waals surface area contributed by atoms with Crippen molar-refractivity contribution in [3.05, 3.63) is 36.5 Å². The molecule has 0 aliphatic carbocycles. The second-order valence-electron chi connectivity index (χ2n) is 8.92. The Hall–Kier alpha value is -2.72. The highest BCUT2D eigenvalue weighted by molar-refractivity contribution is 7.92. The van der Waals surface area contributed by atoms with Crippen LogP contribution in [-0.4, -0.2) is 51.9 Å². The van der Waals surface area contributed by atoms with Gasteiger partial charge >= 0.3 is 0 Å². The minimum Gasteiger partial charge on any atom is -0.495 e. The molecule has 3 rings (SSSR count). The maximum absolute atomic E-state index is 14.3. The first-order valence-electron chi connectivity index (χ1n) is 9.66. The summed E-state index contributed by atoms with van der Waals surface area (Å²) in [5.41, 5.74) is 0.663. The van der Waals surface area contributed by atoms with E-state index in [2.05, 4.69) is 15.3 Å². The first-order valence-corrected chi connectivity index (χ1v) is 11.1. The average molecular weight is 451 g/mol. The summed E-state index contributed by atoms with van der Waals surface area (Å²) < 4.78 is 46.4. The van der Waals surface area contributed by atoms with E-state index in [4.69, 9.17) is 4.74 Å². The zero-order chi connectivity index (χ0) is 23.2. The molecule has 8 nitrogen and oxygen atoms in total. The van der Waals surface area contributed by atoms with Gasteiger partial charge in [-0.2, -0.15) is 4.39 Å². The summed E-state index contributed by atoms with van der Waals surface area (Å²) in [5, 5.41) is 12.5. The van der Waals surface area contributed by atoms with Gasteiger partial charge in [0.15, 0.2) is 9.84 Å². The summed E-state index contributed by atoms with van der Waals surface area (Å²) in [6, 6.07) is 4.39. The van der Waals surface area contributed by atoms with Crippen molar-refractivity contribution < 1.29 is 22.7 Å². The third-order valence-corrected chi connectivity index (χ3v) is 7.34. The number of hydrogen-bond donors (Lipinski definition) is 2. The smallest absolute Gasteiger partial charge is 0.215 e. The van der Waals surface area contributed by atoms with E-state index in [-0.39, 0.29) is 23.1 Å². The Bertz CT molecular complexity index is 1230. The second-order valence-corrected chi connectivity index (χ2v) is 11.6. The lowest BCUT2D eigenvalue weighted by Crippen LogP contribution is -2.35. The molecule has 0 aromatic carbocycles. The Morgan fingerprint density at radius 1 is 1.19 bits per heavy atom. The molecule has 3 aromatic heterocycles. The van der Waals surface area contributed by atoms with Crippen LogP contribution < -0.4 is 10.1 Å². The van der Waals surface area contributed by atoms with Crippen molar-refractivity contribution in [2.75, 3.05) is 19.0 Å². The lowest BCUT2D eigenvalue weighted by atomic mass is 10.1. The third-order valence-electron chi connectivity index (χ3n) is 4.84. The summed E-state index contributed by atoms with van der Waals surface area (Å²) in [6.45, 7) is 8.16. The number of pyridine rings is 2. The molecule has 31 heavy (non-hydrogen) atoms. The lowest BCUT2D eigenvalue weighted by molar-refractivity contribution is 0.233. The van der Waals surface area contributed by atoms with Gasteiger partial charge in [-0.3, -0.25) is 4.40 Å². The van der Waals surface area contributed by atoms with Gasteiger partial charge in [0, 0.05) is 23.9 Å². The van der Waals surface area contributed by atoms with Gasteiger partial charge in [0.1, 0.15) is 22.1 Å². The number of hydrogen-bond acceptors (Lipinski definition) is 7. The molecule has 10 heteroatoms. The molecule has 0 saturated carbocycles. The number of imidazole rings is 1. The summed E-state index contributed by atoms with van der Waals surface area (Å²) in [4.78, 5) is 8.18. The molecule has 0 atom stereocenters. The molecule has 0 saturated heterocycles. The molecule has 3 heterocycles. The minimum atomic E-state index is -3.73. The fourth-order valence-corrected chi connectivity index (χ4v) is 4.30. The Balaban J connectivity index is 2.21. The molecule has 0 radical (unpaired) electrons. The number of sulfone groups is 1. The van der Waals surface area contributed by atoms with Crippen LogP contribution in [0, 0.1) is 5.95 Å². The number of nitrogens with zero attached hydrogens (tertiary/aromatic N) is 3. The standard InChI is InChI=1S/C21H27FN4O4S/c1-20(2,3)31(28,29)16-11-26-14(10-23-19(26)9-15(16)30-6)13-7-17(22)24-18(8-13)25-21(4,5)12-27/h7-11,27H,12H2,1-6H3,(H,24,25). The normalized spacial score (nSPS) is 12.9. The molecule has 3 aromatic rings. The monoisotopic (exact) mass is 450 g/mol. The molecular formula is C21H27FN4O4S. The summed E-state index contributed by atoms with van der Waals surface area (Å²) >= 11 is 0. The maximum Gasteiger partial charge on any atom is 0.215 e. The minimum absolute atomic E-state index is 0.0172. The second kappa shape index (κ2) is 7.76. The number of aromatic nitrogens is 3. The van der Waals surface area contributed by atoms with Crippen molar-refractivity contribution in [3.63, 3.8) is 0 Å². The van der Waals surface area contributed by atoms with Crippen LogP contribution in [-0.2, 0) is 9.84 Å². The summed E-state index contributed by atoms with van der Waals surface area (Å²) in [6.07, 6.45) is 2.97. The molecule has 0 amide bonds. The van der Waals surface area contributed by atoms with Crippen LogP contribution in [0.3, 0.4) is 0 Å². The number of rotatable bonds is 6. The number of aliphatic hydroxyl groups is 1. The van der Waals surface area contributed by atoms with Gasteiger partial charge in [-0.05, 0) is 40.7 Å². The SMILES string of the molecule is COc1cc2ncc(-c3cc(F)nc(NC(C)(C)CO)c3)n2cc1S(=O)(=O)C(C)(C)C. The summed E-state index contributed by atoms with van der Waals surface area (Å²) in [7, 11) is -2.33. The molecule has 0 spiro atoms. The van der Waals surface area contributed by atoms with E-state index in [0.29, 0.717) is 16.9 Å². The number of halogens is 1. The zero-order valence-corrected chi connectivity index (χ0v) is 19.2. The van der Waals surface area contributed by atoms with Crippen LogP contribution in [0.5, 0.6) is 5.75 Å². The van der Waals surface area contributed by atoms with E-state index in [1.807, 2.05) is 0 Å². The van der Waals surface area contributed by atoms with Crippen molar-refractivity contribution in [2.24, 2.45) is 0 Å². The first kappa shape index (κ1) is 23.0. The van der Waals surface area contributed by atoms with Crippen LogP contribution in [0.1, 0.15) is 34.6 Å². The van der Waals surface area contributed by atoms with Gasteiger partial charge < -0.3 is 15.2 Å². The van der Waals surface area contributed by atoms with E-state index < -0.39 is 26.1 Å². The molecule has 0 aliphatic rings. The van der Waals surface area contributed by atoms with Gasteiger partial charge in [-0.15, -0.1) is 0 Å². The van der Waals surface area contributed by atoms with Crippen LogP contribution in [0.4, 0.5) is 10.2 Å². The fraction of sp³-hybridized carbons (Fsp3) is 0.429. The van der Waals surface area contributed by atoms with E-state index in [0.717, 1.165) is 0 Å². The van der Waals surface area contributed by atoms with Crippen LogP contribution in [0.15, 0.2) is 35.5 Å². The summed E-state index contributed by atoms with van der Waals surface area (Å²) in [5.74, 6) is -0.299. The van der Waals surface area contributed by atoms with Crippen molar-refractivity contribution in [2.45, 2.75) is 49.8 Å². The van der Waals surface area contributed by atoms with E-state index in [9.17, 15) is 17.9 Å². The van der Waals surface area contributed by atoms with Crippen molar-refractivity contribution in [1.29, 1.82) is 0 Å². The number of fused-ring (bicyclic) bond motifs is 1. The Morgan fingerprint density at radius 2 is 1.87 bits per heavy atom. The van der Waals surface area contributed by atoms with Gasteiger partial charge in [-0.25, -0.2) is 18.4 Å². The topological polar surface area (TPSA) is 106 Å². The third kappa shape index (κ3) is 4.35. The van der Waals surface area contributed by atoms with E-state index >= 15 is 0 Å². The van der Waals surface area contributed by atoms with Gasteiger partial charge in [-0.1, -0.05) is 0 Å². The van der Waals surface area contributed by atoms with Gasteiger partial charge in [0.2, 0.25) is 5.95 Å². The van der Waals surface area contributed by atoms with Crippen LogP contribution in [0.25, 0.3) is 16.9 Å². The number of methoxy groups -OCH3 is 1. The molecule has 0 fully saturated rings. The fourth-order valence-electron chi connectivity index (χ4n) is 2.99. The van der Waals surface area contributed by atoms with Crippen molar-refractivity contribution >= 4 is 21.3 Å². The van der Waals surface area contributed by atoms with Crippen LogP contribution in [0.2, 0.25) is 0 Å². The number of ether oxygens (including phenoxy) is 1. The maximum atomic E-state index is 14.3. The Labute approximate surface area is 181 Å². The first-order chi connectivity index (χ1) is 14.3. The van der Waals surface area contributed by atoms with E-state index in [1.54, 1.807) is 45.1 Å². The average Bonchev–Trinajstić information content (AvgIpc) is 3.08. The number of aliphatic hydroxyl groups excluding tert-OH is 1. The van der Waals surface area contributed by atoms with Crippen molar-refractivity contribution in [1.82, 2.24) is 14.4 Å². The lowest BCUT2D eigenvalue weighted by Gasteiger charge is -2.24. The molecule has 2 N–H and O–H groups in total. The van der Waals surface area contributed by atoms with Crippen LogP contribution >= 0.6 is 0 Å². The Morgan fingerprint density at radius 3 is 2.45 bits per heavy atom. The van der Waals surface area contributed by atoms with Gasteiger partial charge in [0.25, 0.3) is 0 Å². The predicted molar refractivity (Wildman–Crippen MR) is 117 cm³/mol. The number of nitrogens with one attached hydrogen (secondary N) is 1. The zero-order valence-electron chi connectivity index (χ0n) is 18.4. The molecular weight excluding hydrogens is 423 g/mol.